The highest BCUT2D eigenvalue weighted by molar-refractivity contribution is 7.13. The number of nitrogens with zero attached hydrogens (tertiary/aromatic N) is 1. The van der Waals surface area contributed by atoms with Crippen molar-refractivity contribution in [1.29, 1.82) is 0 Å². The van der Waals surface area contributed by atoms with E-state index in [9.17, 15) is 4.79 Å². The number of fused-ring (bicyclic) bond motifs is 1. The van der Waals surface area contributed by atoms with E-state index in [4.69, 9.17) is 4.74 Å². The van der Waals surface area contributed by atoms with Gasteiger partial charge in [0.1, 0.15) is 6.61 Å². The number of hydrogen-bond donors (Lipinski definition) is 2. The number of hydrogen-bond acceptors (Lipinski definition) is 5. The van der Waals surface area contributed by atoms with E-state index in [0.717, 1.165) is 34.9 Å². The van der Waals surface area contributed by atoms with E-state index >= 15 is 0 Å². The summed E-state index contributed by atoms with van der Waals surface area (Å²) in [6, 6.07) is 16.3. The number of rotatable bonds is 8. The number of para-hydroxylation sites is 1. The van der Waals surface area contributed by atoms with E-state index in [1.165, 1.54) is 27.8 Å². The highest BCUT2D eigenvalue weighted by atomic mass is 32.1. The van der Waals surface area contributed by atoms with Crippen molar-refractivity contribution in [3.63, 3.8) is 0 Å². The van der Waals surface area contributed by atoms with Gasteiger partial charge in [0.25, 0.3) is 0 Å². The fourth-order valence-corrected chi connectivity index (χ4v) is 3.89. The molecule has 6 heteroatoms. The Hall–Kier alpha value is -3.12. The molecule has 0 bridgehead atoms. The molecule has 0 saturated heterocycles. The Bertz CT molecular complexity index is 1100. The fraction of sp³-hybridized carbons (Fsp3) is 0.217. The molecule has 2 aromatic heterocycles. The first-order valence-corrected chi connectivity index (χ1v) is 10.5. The van der Waals surface area contributed by atoms with E-state index in [-0.39, 0.29) is 12.6 Å². The van der Waals surface area contributed by atoms with Gasteiger partial charge in [-0.3, -0.25) is 4.79 Å². The smallest absolute Gasteiger partial charge is 0.306 e. The molecule has 2 aromatic carbocycles. The molecule has 29 heavy (non-hydrogen) atoms. The number of aryl methyl sites for hydroxylation is 2. The number of benzene rings is 2. The fourth-order valence-electron chi connectivity index (χ4n) is 3.18. The molecule has 0 radical (unpaired) electrons. The van der Waals surface area contributed by atoms with E-state index in [1.54, 1.807) is 0 Å². The number of anilines is 2. The predicted octanol–water partition coefficient (Wildman–Crippen LogP) is 5.74. The first kappa shape index (κ1) is 19.2. The Labute approximate surface area is 173 Å². The lowest BCUT2D eigenvalue weighted by Crippen LogP contribution is -2.05. The summed E-state index contributed by atoms with van der Waals surface area (Å²) in [5, 5.41) is 7.19. The zero-order chi connectivity index (χ0) is 20.1. The number of carbonyl (C=O) groups excluding carboxylic acids is 1. The van der Waals surface area contributed by atoms with Crippen LogP contribution in [-0.2, 0) is 22.6 Å². The lowest BCUT2D eigenvalue weighted by atomic mass is 10.1. The van der Waals surface area contributed by atoms with Crippen molar-refractivity contribution < 1.29 is 9.53 Å². The van der Waals surface area contributed by atoms with E-state index < -0.39 is 0 Å². The van der Waals surface area contributed by atoms with E-state index in [0.29, 0.717) is 6.42 Å². The summed E-state index contributed by atoms with van der Waals surface area (Å²) < 4.78 is 5.38. The zero-order valence-electron chi connectivity index (χ0n) is 16.3. The lowest BCUT2D eigenvalue weighted by Gasteiger charge is -2.04. The molecule has 0 aliphatic rings. The molecule has 0 saturated carbocycles. The standard InChI is InChI=1S/C23H23N3O2S/c1-16-9-11-18(12-10-16)25-23-26-19(15-29-23)14-28-22(27)8-4-5-17-13-24-21-7-3-2-6-20(17)21/h2-3,6-7,9-13,15,24H,4-5,8,14H2,1H3,(H,25,26). The summed E-state index contributed by atoms with van der Waals surface area (Å²) in [5.41, 5.74) is 5.33. The Morgan fingerprint density at radius 1 is 1.17 bits per heavy atom. The molecule has 0 aliphatic heterocycles. The average Bonchev–Trinajstić information content (AvgIpc) is 3.35. The van der Waals surface area contributed by atoms with Crippen LogP contribution in [0.15, 0.2) is 60.1 Å². The van der Waals surface area contributed by atoms with Crippen LogP contribution in [0.1, 0.15) is 29.7 Å². The van der Waals surface area contributed by atoms with Crippen LogP contribution in [-0.4, -0.2) is 15.9 Å². The first-order chi connectivity index (χ1) is 14.2. The minimum atomic E-state index is -0.189. The number of aromatic amines is 1. The largest absolute Gasteiger partial charge is 0.459 e. The molecule has 4 aromatic rings. The van der Waals surface area contributed by atoms with Crippen molar-refractivity contribution >= 4 is 39.0 Å². The minimum absolute atomic E-state index is 0.189. The van der Waals surface area contributed by atoms with Crippen molar-refractivity contribution in [1.82, 2.24) is 9.97 Å². The summed E-state index contributed by atoms with van der Waals surface area (Å²) in [7, 11) is 0. The summed E-state index contributed by atoms with van der Waals surface area (Å²) in [6.45, 7) is 2.26. The van der Waals surface area contributed by atoms with Crippen LogP contribution in [0.2, 0.25) is 0 Å². The summed E-state index contributed by atoms with van der Waals surface area (Å²) in [4.78, 5) is 19.8. The molecule has 0 atom stereocenters. The Balaban J connectivity index is 1.21. The van der Waals surface area contributed by atoms with Gasteiger partial charge in [-0.1, -0.05) is 35.9 Å². The second-order valence-electron chi connectivity index (χ2n) is 7.01. The molecule has 4 rings (SSSR count). The van der Waals surface area contributed by atoms with Crippen LogP contribution in [0.25, 0.3) is 10.9 Å². The van der Waals surface area contributed by atoms with Crippen molar-refractivity contribution in [2.24, 2.45) is 0 Å². The molecule has 0 fully saturated rings. The maximum atomic E-state index is 12.1. The van der Waals surface area contributed by atoms with Gasteiger partial charge in [-0.25, -0.2) is 4.98 Å². The van der Waals surface area contributed by atoms with Crippen LogP contribution < -0.4 is 5.32 Å². The monoisotopic (exact) mass is 405 g/mol. The van der Waals surface area contributed by atoms with Gasteiger partial charge in [-0.2, -0.15) is 0 Å². The number of esters is 1. The average molecular weight is 406 g/mol. The molecule has 2 N–H and O–H groups in total. The van der Waals surface area contributed by atoms with Crippen molar-refractivity contribution in [2.75, 3.05) is 5.32 Å². The molecular weight excluding hydrogens is 382 g/mol. The molecule has 5 nitrogen and oxygen atoms in total. The Morgan fingerprint density at radius 2 is 2.00 bits per heavy atom. The second-order valence-corrected chi connectivity index (χ2v) is 7.87. The Kier molecular flexibility index (Phi) is 5.91. The molecule has 2 heterocycles. The molecule has 148 valence electrons. The maximum absolute atomic E-state index is 12.1. The molecule has 0 aliphatic carbocycles. The third kappa shape index (κ3) is 5.03. The number of carbonyl (C=O) groups is 1. The minimum Gasteiger partial charge on any atom is -0.459 e. The quantitative estimate of drug-likeness (QED) is 0.367. The van der Waals surface area contributed by atoms with Gasteiger partial charge in [-0.15, -0.1) is 11.3 Å². The van der Waals surface area contributed by atoms with Crippen LogP contribution >= 0.6 is 11.3 Å². The van der Waals surface area contributed by atoms with Gasteiger partial charge < -0.3 is 15.0 Å². The van der Waals surface area contributed by atoms with E-state index in [2.05, 4.69) is 46.5 Å². The number of aromatic nitrogens is 2. The topological polar surface area (TPSA) is 67.0 Å². The summed E-state index contributed by atoms with van der Waals surface area (Å²) >= 11 is 1.50. The van der Waals surface area contributed by atoms with Crippen molar-refractivity contribution in [3.8, 4) is 0 Å². The summed E-state index contributed by atoms with van der Waals surface area (Å²) in [5.74, 6) is -0.189. The third-order valence-electron chi connectivity index (χ3n) is 4.74. The highest BCUT2D eigenvalue weighted by Gasteiger charge is 2.09. The van der Waals surface area contributed by atoms with Gasteiger partial charge in [0, 0.05) is 34.6 Å². The number of nitrogens with one attached hydrogen (secondary N) is 2. The first-order valence-electron chi connectivity index (χ1n) is 9.66. The zero-order valence-corrected chi connectivity index (χ0v) is 17.1. The summed E-state index contributed by atoms with van der Waals surface area (Å²) in [6.07, 6.45) is 4.03. The van der Waals surface area contributed by atoms with Gasteiger partial charge in [0.05, 0.1) is 5.69 Å². The Morgan fingerprint density at radius 3 is 2.86 bits per heavy atom. The highest BCUT2D eigenvalue weighted by Crippen LogP contribution is 2.22. The van der Waals surface area contributed by atoms with Crippen molar-refractivity contribution in [3.05, 3.63) is 76.9 Å². The molecular formula is C23H23N3O2S. The van der Waals surface area contributed by atoms with Crippen LogP contribution in [0.5, 0.6) is 0 Å². The van der Waals surface area contributed by atoms with Gasteiger partial charge in [-0.05, 0) is 43.5 Å². The lowest BCUT2D eigenvalue weighted by molar-refractivity contribution is -0.145. The van der Waals surface area contributed by atoms with Crippen molar-refractivity contribution in [2.45, 2.75) is 32.8 Å². The van der Waals surface area contributed by atoms with Gasteiger partial charge in [0.2, 0.25) is 0 Å². The van der Waals surface area contributed by atoms with E-state index in [1.807, 2.05) is 35.8 Å². The number of thiazole rings is 1. The molecule has 0 spiro atoms. The van der Waals surface area contributed by atoms with Crippen LogP contribution in [0.3, 0.4) is 0 Å². The SMILES string of the molecule is Cc1ccc(Nc2nc(COC(=O)CCCc3c[nH]c4ccccc34)cs2)cc1. The van der Waals surface area contributed by atoms with Gasteiger partial charge in [0.15, 0.2) is 5.13 Å². The second kappa shape index (κ2) is 8.92. The molecule has 0 unspecified atom stereocenters. The van der Waals surface area contributed by atoms with Crippen LogP contribution in [0, 0.1) is 6.92 Å². The number of H-pyrrole nitrogens is 1. The van der Waals surface area contributed by atoms with Gasteiger partial charge >= 0.3 is 5.97 Å². The molecule has 0 amide bonds. The van der Waals surface area contributed by atoms with Crippen LogP contribution in [0.4, 0.5) is 10.8 Å². The maximum Gasteiger partial charge on any atom is 0.306 e. The normalized spacial score (nSPS) is 10.9. The number of ether oxygens (including phenoxy) is 1. The predicted molar refractivity (Wildman–Crippen MR) is 118 cm³/mol. The third-order valence-corrected chi connectivity index (χ3v) is 5.54.